The van der Waals surface area contributed by atoms with Crippen molar-refractivity contribution in [2.45, 2.75) is 33.6 Å². The fourth-order valence-electron chi connectivity index (χ4n) is 2.59. The third-order valence-corrected chi connectivity index (χ3v) is 3.81. The van der Waals surface area contributed by atoms with Gasteiger partial charge >= 0.3 is 0 Å². The molecule has 4 nitrogen and oxygen atoms in total. The molecule has 1 saturated heterocycles. The minimum atomic E-state index is 0.0631. The molecule has 0 spiro atoms. The van der Waals surface area contributed by atoms with E-state index in [1.807, 2.05) is 26.8 Å². The topological polar surface area (TPSA) is 45.2 Å². The van der Waals surface area contributed by atoms with Gasteiger partial charge in [-0.15, -0.1) is 0 Å². The first kappa shape index (κ1) is 14.8. The number of aryl methyl sites for hydroxylation is 1. The molecule has 4 heteroatoms. The van der Waals surface area contributed by atoms with Gasteiger partial charge in [-0.3, -0.25) is 4.79 Å². The molecule has 1 aliphatic heterocycles. The van der Waals surface area contributed by atoms with Gasteiger partial charge in [-0.05, 0) is 37.8 Å². The minimum Gasteiger partial charge on any atom is -0.356 e. The lowest BCUT2D eigenvalue weighted by Crippen LogP contribution is -2.42. The average Bonchev–Trinajstić information content (AvgIpc) is 2.45. The molecule has 0 saturated carbocycles. The van der Waals surface area contributed by atoms with E-state index in [2.05, 4.69) is 27.3 Å². The number of nitrogens with zero attached hydrogens (tertiary/aromatic N) is 2. The zero-order chi connectivity index (χ0) is 14.5. The van der Waals surface area contributed by atoms with Gasteiger partial charge in [-0.25, -0.2) is 4.98 Å². The number of carbonyl (C=O) groups excluding carboxylic acids is 1. The summed E-state index contributed by atoms with van der Waals surface area (Å²) in [4.78, 5) is 18.6. The molecule has 2 rings (SSSR count). The second-order valence-electron chi connectivity index (χ2n) is 5.99. The molecule has 0 bridgehead atoms. The number of anilines is 1. The van der Waals surface area contributed by atoms with Crippen molar-refractivity contribution in [2.24, 2.45) is 11.8 Å². The van der Waals surface area contributed by atoms with E-state index in [0.29, 0.717) is 5.92 Å². The first-order chi connectivity index (χ1) is 9.56. The molecule has 20 heavy (non-hydrogen) atoms. The van der Waals surface area contributed by atoms with Crippen molar-refractivity contribution >= 4 is 11.7 Å². The van der Waals surface area contributed by atoms with Gasteiger partial charge in [0.25, 0.3) is 0 Å². The molecule has 0 radical (unpaired) electrons. The lowest BCUT2D eigenvalue weighted by molar-refractivity contribution is -0.124. The number of nitrogens with one attached hydrogen (secondary N) is 1. The van der Waals surface area contributed by atoms with Gasteiger partial charge in [0, 0.05) is 31.2 Å². The van der Waals surface area contributed by atoms with Crippen molar-refractivity contribution in [3.05, 3.63) is 23.9 Å². The summed E-state index contributed by atoms with van der Waals surface area (Å²) < 4.78 is 0. The van der Waals surface area contributed by atoms with Crippen molar-refractivity contribution in [1.82, 2.24) is 10.3 Å². The monoisotopic (exact) mass is 275 g/mol. The van der Waals surface area contributed by atoms with E-state index in [1.54, 1.807) is 0 Å². The van der Waals surface area contributed by atoms with E-state index in [9.17, 15) is 4.79 Å². The Labute approximate surface area is 121 Å². The summed E-state index contributed by atoms with van der Waals surface area (Å²) in [6, 6.07) is 6.15. The molecule has 1 aliphatic rings. The Balaban J connectivity index is 1.90. The Morgan fingerprint density at radius 2 is 2.30 bits per heavy atom. The fourth-order valence-corrected chi connectivity index (χ4v) is 2.59. The van der Waals surface area contributed by atoms with Crippen LogP contribution in [0.25, 0.3) is 0 Å². The van der Waals surface area contributed by atoms with Crippen molar-refractivity contribution in [2.75, 3.05) is 24.5 Å². The van der Waals surface area contributed by atoms with Crippen molar-refractivity contribution in [3.63, 3.8) is 0 Å². The highest BCUT2D eigenvalue weighted by atomic mass is 16.1. The van der Waals surface area contributed by atoms with E-state index >= 15 is 0 Å². The molecule has 1 atom stereocenters. The Morgan fingerprint density at radius 1 is 1.50 bits per heavy atom. The van der Waals surface area contributed by atoms with Gasteiger partial charge < -0.3 is 10.2 Å². The first-order valence-electron chi connectivity index (χ1n) is 7.52. The van der Waals surface area contributed by atoms with Crippen LogP contribution in [0.2, 0.25) is 0 Å². The Bertz CT molecular complexity index is 459. The third kappa shape index (κ3) is 3.95. The van der Waals surface area contributed by atoms with Crippen LogP contribution in [0, 0.1) is 18.8 Å². The Hall–Kier alpha value is -1.58. The molecule has 1 N–H and O–H groups in total. The maximum Gasteiger partial charge on any atom is 0.222 e. The van der Waals surface area contributed by atoms with Crippen molar-refractivity contribution in [1.29, 1.82) is 0 Å². The van der Waals surface area contributed by atoms with E-state index in [1.165, 1.54) is 6.42 Å². The van der Waals surface area contributed by atoms with E-state index in [-0.39, 0.29) is 11.8 Å². The maximum absolute atomic E-state index is 11.6. The van der Waals surface area contributed by atoms with Crippen LogP contribution in [-0.4, -0.2) is 30.5 Å². The second-order valence-corrected chi connectivity index (χ2v) is 5.99. The summed E-state index contributed by atoms with van der Waals surface area (Å²) in [6.07, 6.45) is 2.35. The van der Waals surface area contributed by atoms with Gasteiger partial charge in [0.1, 0.15) is 5.82 Å². The number of carbonyl (C=O) groups is 1. The quantitative estimate of drug-likeness (QED) is 0.917. The normalized spacial score (nSPS) is 19.2. The smallest absolute Gasteiger partial charge is 0.222 e. The summed E-state index contributed by atoms with van der Waals surface area (Å²) in [7, 11) is 0. The standard InChI is InChI=1S/C16H25N3O/c1-12(2)16(20)17-10-14-7-5-9-19(11-14)15-8-4-6-13(3)18-15/h4,6,8,12,14H,5,7,9-11H2,1-3H3,(H,17,20)/t14-/m1/s1. The number of aromatic nitrogens is 1. The van der Waals surface area contributed by atoms with E-state index in [0.717, 1.165) is 37.6 Å². The number of pyridine rings is 1. The number of hydrogen-bond donors (Lipinski definition) is 1. The summed E-state index contributed by atoms with van der Waals surface area (Å²) in [5.74, 6) is 1.79. The van der Waals surface area contributed by atoms with Crippen LogP contribution >= 0.6 is 0 Å². The SMILES string of the molecule is Cc1cccc(N2CCC[C@H](CNC(=O)C(C)C)C2)n1. The summed E-state index contributed by atoms with van der Waals surface area (Å²) >= 11 is 0. The van der Waals surface area contributed by atoms with Crippen LogP contribution in [0.15, 0.2) is 18.2 Å². The highest BCUT2D eigenvalue weighted by Crippen LogP contribution is 2.21. The fraction of sp³-hybridized carbons (Fsp3) is 0.625. The molecule has 0 aromatic carbocycles. The van der Waals surface area contributed by atoms with Gasteiger partial charge in [0.05, 0.1) is 0 Å². The lowest BCUT2D eigenvalue weighted by atomic mass is 9.97. The van der Waals surface area contributed by atoms with Crippen LogP contribution in [0.4, 0.5) is 5.82 Å². The molecular formula is C16H25N3O. The van der Waals surface area contributed by atoms with Crippen LogP contribution in [0.5, 0.6) is 0 Å². The van der Waals surface area contributed by atoms with Crippen molar-refractivity contribution in [3.8, 4) is 0 Å². The molecule has 1 amide bonds. The molecule has 0 aliphatic carbocycles. The molecule has 1 fully saturated rings. The molecular weight excluding hydrogens is 250 g/mol. The molecule has 1 aromatic rings. The van der Waals surface area contributed by atoms with Crippen LogP contribution < -0.4 is 10.2 Å². The first-order valence-corrected chi connectivity index (χ1v) is 7.52. The van der Waals surface area contributed by atoms with Crippen LogP contribution in [0.3, 0.4) is 0 Å². The second kappa shape index (κ2) is 6.73. The zero-order valence-corrected chi connectivity index (χ0v) is 12.7. The largest absolute Gasteiger partial charge is 0.356 e. The maximum atomic E-state index is 11.6. The Kier molecular flexibility index (Phi) is 4.99. The lowest BCUT2D eigenvalue weighted by Gasteiger charge is -2.34. The predicted octanol–water partition coefficient (Wildman–Crippen LogP) is 2.38. The highest BCUT2D eigenvalue weighted by Gasteiger charge is 2.21. The minimum absolute atomic E-state index is 0.0631. The molecule has 0 unspecified atom stereocenters. The van der Waals surface area contributed by atoms with Gasteiger partial charge in [0.2, 0.25) is 5.91 Å². The highest BCUT2D eigenvalue weighted by molar-refractivity contribution is 5.77. The number of hydrogen-bond acceptors (Lipinski definition) is 3. The van der Waals surface area contributed by atoms with E-state index < -0.39 is 0 Å². The molecule has 1 aromatic heterocycles. The molecule has 110 valence electrons. The Morgan fingerprint density at radius 3 is 3.00 bits per heavy atom. The number of amides is 1. The summed E-state index contributed by atoms with van der Waals surface area (Å²) in [5, 5.41) is 3.05. The third-order valence-electron chi connectivity index (χ3n) is 3.81. The van der Waals surface area contributed by atoms with E-state index in [4.69, 9.17) is 0 Å². The summed E-state index contributed by atoms with van der Waals surface area (Å²) in [5.41, 5.74) is 1.05. The van der Waals surface area contributed by atoms with Gasteiger partial charge in [-0.2, -0.15) is 0 Å². The average molecular weight is 275 g/mol. The van der Waals surface area contributed by atoms with Crippen molar-refractivity contribution < 1.29 is 4.79 Å². The number of rotatable bonds is 4. The molecule has 2 heterocycles. The van der Waals surface area contributed by atoms with Gasteiger partial charge in [-0.1, -0.05) is 19.9 Å². The van der Waals surface area contributed by atoms with Crippen LogP contribution in [0.1, 0.15) is 32.4 Å². The zero-order valence-electron chi connectivity index (χ0n) is 12.7. The van der Waals surface area contributed by atoms with Crippen LogP contribution in [-0.2, 0) is 4.79 Å². The summed E-state index contributed by atoms with van der Waals surface area (Å²) in [6.45, 7) is 8.70. The van der Waals surface area contributed by atoms with Gasteiger partial charge in [0.15, 0.2) is 0 Å². The number of piperidine rings is 1. The predicted molar refractivity (Wildman–Crippen MR) is 81.8 cm³/mol.